The van der Waals surface area contributed by atoms with Crippen LogP contribution in [-0.2, 0) is 12.8 Å². The fourth-order valence-electron chi connectivity index (χ4n) is 8.87. The van der Waals surface area contributed by atoms with Gasteiger partial charge in [-0.15, -0.1) is 34.0 Å². The molecule has 5 heterocycles. The Kier molecular flexibility index (Phi) is 18.0. The van der Waals surface area contributed by atoms with E-state index in [0.29, 0.717) is 5.92 Å². The summed E-state index contributed by atoms with van der Waals surface area (Å²) in [5.74, 6) is 7.70. The van der Waals surface area contributed by atoms with E-state index in [-0.39, 0.29) is 0 Å². The van der Waals surface area contributed by atoms with Gasteiger partial charge in [-0.05, 0) is 80.0 Å². The van der Waals surface area contributed by atoms with Crippen LogP contribution in [-0.4, -0.2) is 31.8 Å². The molecule has 0 N–H and O–H groups in total. The molecule has 0 saturated carbocycles. The first-order chi connectivity index (χ1) is 31.0. The summed E-state index contributed by atoms with van der Waals surface area (Å²) in [6, 6.07) is 18.6. The second kappa shape index (κ2) is 24.0. The van der Waals surface area contributed by atoms with E-state index in [2.05, 4.69) is 107 Å². The van der Waals surface area contributed by atoms with E-state index in [0.717, 1.165) is 86.7 Å². The molecule has 63 heavy (non-hydrogen) atoms. The Morgan fingerprint density at radius 3 is 1.70 bits per heavy atom. The van der Waals surface area contributed by atoms with Gasteiger partial charge in [0.15, 0.2) is 0 Å². The fraction of sp³-hybridized carbons (Fsp3) is 0.519. The minimum Gasteiger partial charge on any atom is -0.372 e. The fourth-order valence-corrected chi connectivity index (χ4v) is 12.8. The van der Waals surface area contributed by atoms with Gasteiger partial charge in [-0.1, -0.05) is 149 Å². The highest BCUT2D eigenvalue weighted by atomic mass is 32.1. The van der Waals surface area contributed by atoms with Gasteiger partial charge in [0.25, 0.3) is 0 Å². The average Bonchev–Trinajstić information content (AvgIpc) is 4.14. The molecule has 0 spiro atoms. The first-order valence-corrected chi connectivity index (χ1v) is 27.6. The smallest absolute Gasteiger partial charge is 0.116 e. The molecule has 0 bridgehead atoms. The number of hydrogen-bond donors (Lipinski definition) is 0. The second-order valence-electron chi connectivity index (χ2n) is 17.3. The third kappa shape index (κ3) is 11.8. The maximum absolute atomic E-state index is 5.44. The zero-order valence-corrected chi connectivity index (χ0v) is 42.2. The monoisotopic (exact) mass is 915 g/mol. The van der Waals surface area contributed by atoms with Crippen molar-refractivity contribution in [3.63, 3.8) is 0 Å². The number of aryl methyl sites for hydroxylation is 2. The van der Waals surface area contributed by atoms with Gasteiger partial charge >= 0.3 is 0 Å². The van der Waals surface area contributed by atoms with Gasteiger partial charge in [0.05, 0.1) is 28.0 Å². The number of thiophene rings is 3. The van der Waals surface area contributed by atoms with E-state index in [1.165, 1.54) is 145 Å². The Morgan fingerprint density at radius 1 is 0.556 bits per heavy atom. The van der Waals surface area contributed by atoms with Gasteiger partial charge in [0.1, 0.15) is 22.1 Å². The van der Waals surface area contributed by atoms with E-state index in [9.17, 15) is 0 Å². The summed E-state index contributed by atoms with van der Waals surface area (Å²) in [7, 11) is 0. The van der Waals surface area contributed by atoms with E-state index < -0.39 is 0 Å². The van der Waals surface area contributed by atoms with Crippen molar-refractivity contribution in [1.29, 1.82) is 0 Å². The van der Waals surface area contributed by atoms with Crippen LogP contribution in [0.5, 0.6) is 0 Å². The third-order valence-electron chi connectivity index (χ3n) is 12.7. The van der Waals surface area contributed by atoms with Crippen LogP contribution in [0.2, 0.25) is 0 Å². The SMILES string of the molecule is CCCCCCCCN(CCCCCCCC)c1ccc(-c2cc3sc(-c4c5nsnc5c(-c5ccc(C#CCC(CC)CCCC)s5)c5nc(CC)c(CC)nc45)cc3s2)cc1. The molecule has 7 rings (SSSR count). The molecule has 9 heteroatoms. The van der Waals surface area contributed by atoms with Crippen molar-refractivity contribution in [2.45, 2.75) is 164 Å². The summed E-state index contributed by atoms with van der Waals surface area (Å²) in [5, 5.41) is 0. The number of benzene rings is 2. The van der Waals surface area contributed by atoms with Crippen LogP contribution >= 0.6 is 45.7 Å². The van der Waals surface area contributed by atoms with E-state index in [1.807, 2.05) is 22.7 Å². The molecule has 0 radical (unpaired) electrons. The highest BCUT2D eigenvalue weighted by molar-refractivity contribution is 7.31. The third-order valence-corrected chi connectivity index (χ3v) is 16.6. The maximum atomic E-state index is 5.44. The lowest BCUT2D eigenvalue weighted by Gasteiger charge is -2.25. The van der Waals surface area contributed by atoms with Gasteiger partial charge < -0.3 is 4.90 Å². The summed E-state index contributed by atoms with van der Waals surface area (Å²) in [5.41, 5.74) is 10.6. The average molecular weight is 916 g/mol. The molecule has 0 amide bonds. The second-order valence-corrected chi connectivity index (χ2v) is 21.1. The molecular weight excluding hydrogens is 847 g/mol. The van der Waals surface area contributed by atoms with Crippen molar-refractivity contribution in [3.8, 4) is 43.2 Å². The summed E-state index contributed by atoms with van der Waals surface area (Å²) in [4.78, 5) is 18.2. The lowest BCUT2D eigenvalue weighted by atomic mass is 9.96. The van der Waals surface area contributed by atoms with Crippen LogP contribution < -0.4 is 4.90 Å². The van der Waals surface area contributed by atoms with Crippen molar-refractivity contribution < 1.29 is 0 Å². The van der Waals surface area contributed by atoms with Crippen LogP contribution in [0, 0.1) is 17.8 Å². The van der Waals surface area contributed by atoms with Crippen LogP contribution in [0.1, 0.15) is 167 Å². The minimum atomic E-state index is 0.672. The number of unbranched alkanes of at least 4 members (excludes halogenated alkanes) is 11. The quantitative estimate of drug-likeness (QED) is 0.0422. The predicted molar refractivity (Wildman–Crippen MR) is 280 cm³/mol. The van der Waals surface area contributed by atoms with Crippen molar-refractivity contribution in [1.82, 2.24) is 18.7 Å². The van der Waals surface area contributed by atoms with Crippen LogP contribution in [0.3, 0.4) is 0 Å². The van der Waals surface area contributed by atoms with Crippen molar-refractivity contribution in [3.05, 3.63) is 64.8 Å². The lowest BCUT2D eigenvalue weighted by Crippen LogP contribution is -2.25. The Labute approximate surface area is 394 Å². The molecular formula is C54H69N5S4. The molecule has 0 fully saturated rings. The topological polar surface area (TPSA) is 54.8 Å². The first-order valence-electron chi connectivity index (χ1n) is 24.5. The Morgan fingerprint density at radius 2 is 1.11 bits per heavy atom. The molecule has 5 nitrogen and oxygen atoms in total. The highest BCUT2D eigenvalue weighted by Gasteiger charge is 2.26. The summed E-state index contributed by atoms with van der Waals surface area (Å²) in [6.45, 7) is 15.8. The number of fused-ring (bicyclic) bond motifs is 3. The van der Waals surface area contributed by atoms with Gasteiger partial charge in [0, 0.05) is 60.4 Å². The molecule has 5 aromatic heterocycles. The standard InChI is InChI=1S/C54H69N5S4/c1-7-13-16-18-20-22-34-59(35-23-21-19-17-14-8-2)40-30-28-39(29-31-40)45-36-46-47(61-45)37-48(62-46)50-52-51(55-42(11-5)43(12-6)56-52)49(53-54(50)58-63-57-53)44-33-32-41(60-44)27-24-26-38(10-4)25-15-9-3/h28-33,36-38H,7-23,25-26,34-35H2,1-6H3. The number of aromatic nitrogens is 4. The Bertz CT molecular complexity index is 2520. The number of anilines is 1. The maximum Gasteiger partial charge on any atom is 0.116 e. The normalized spacial score (nSPS) is 12.2. The Balaban J connectivity index is 1.17. The molecule has 2 aromatic carbocycles. The molecule has 0 aliphatic heterocycles. The lowest BCUT2D eigenvalue weighted by molar-refractivity contribution is 0.462. The molecule has 7 aromatic rings. The summed E-state index contributed by atoms with van der Waals surface area (Å²) >= 11 is 6.75. The van der Waals surface area contributed by atoms with E-state index >= 15 is 0 Å². The van der Waals surface area contributed by atoms with E-state index in [4.69, 9.17) is 18.7 Å². The summed E-state index contributed by atoms with van der Waals surface area (Å²) < 4.78 is 12.6. The number of hydrogen-bond acceptors (Lipinski definition) is 9. The predicted octanol–water partition coefficient (Wildman–Crippen LogP) is 17.6. The molecule has 1 unspecified atom stereocenters. The van der Waals surface area contributed by atoms with Gasteiger partial charge in [-0.3, -0.25) is 0 Å². The van der Waals surface area contributed by atoms with Crippen molar-refractivity contribution in [2.75, 3.05) is 18.0 Å². The summed E-state index contributed by atoms with van der Waals surface area (Å²) in [6.07, 6.45) is 23.6. The van der Waals surface area contributed by atoms with Crippen LogP contribution in [0.4, 0.5) is 5.69 Å². The number of rotatable bonds is 25. The van der Waals surface area contributed by atoms with Crippen LogP contribution in [0.15, 0.2) is 48.5 Å². The molecule has 1 atom stereocenters. The Hall–Kier alpha value is -3.68. The van der Waals surface area contributed by atoms with Gasteiger partial charge in [0.2, 0.25) is 0 Å². The van der Waals surface area contributed by atoms with Gasteiger partial charge in [-0.2, -0.15) is 8.75 Å². The zero-order chi connectivity index (χ0) is 44.0. The molecule has 0 aliphatic rings. The van der Waals surface area contributed by atoms with Crippen molar-refractivity contribution in [2.24, 2.45) is 5.92 Å². The largest absolute Gasteiger partial charge is 0.372 e. The molecule has 0 saturated heterocycles. The van der Waals surface area contributed by atoms with E-state index in [1.54, 1.807) is 11.3 Å². The number of nitrogens with zero attached hydrogens (tertiary/aromatic N) is 5. The molecule has 334 valence electrons. The molecule has 0 aliphatic carbocycles. The van der Waals surface area contributed by atoms with Crippen molar-refractivity contribution >= 4 is 82.9 Å². The van der Waals surface area contributed by atoms with Crippen LogP contribution in [0.25, 0.3) is 62.8 Å². The first kappa shape index (κ1) is 47.3. The highest BCUT2D eigenvalue weighted by Crippen LogP contribution is 2.48. The minimum absolute atomic E-state index is 0.672. The van der Waals surface area contributed by atoms with Gasteiger partial charge in [-0.25, -0.2) is 9.97 Å². The zero-order valence-electron chi connectivity index (χ0n) is 38.9.